The van der Waals surface area contributed by atoms with Crippen molar-refractivity contribution in [3.05, 3.63) is 0 Å². The topological polar surface area (TPSA) is 15.3 Å². The molecule has 3 aliphatic rings. The lowest BCUT2D eigenvalue weighted by Gasteiger charge is -2.51. The molecule has 3 unspecified atom stereocenters. The van der Waals surface area contributed by atoms with Crippen molar-refractivity contribution in [3.63, 3.8) is 0 Å². The Hall–Kier alpha value is 0.270. The van der Waals surface area contributed by atoms with Gasteiger partial charge in [0.25, 0.3) is 0 Å². The molecule has 0 aromatic carbocycles. The number of hydrogen-bond donors (Lipinski definition) is 1. The lowest BCUT2D eigenvalue weighted by molar-refractivity contribution is 0.0192. The summed E-state index contributed by atoms with van der Waals surface area (Å²) in [5.74, 6) is 1.39. The summed E-state index contributed by atoms with van der Waals surface area (Å²) < 4.78 is 0.556. The largest absolute Gasteiger partial charge is 0.317 e. The zero-order valence-electron chi connectivity index (χ0n) is 12.0. The summed E-state index contributed by atoms with van der Waals surface area (Å²) in [7, 11) is 2.14. The number of thioether (sulfide) groups is 1. The maximum atomic E-state index is 3.52. The van der Waals surface area contributed by atoms with Gasteiger partial charge in [-0.3, -0.25) is 4.90 Å². The van der Waals surface area contributed by atoms with Gasteiger partial charge < -0.3 is 5.32 Å². The molecular formula is C15H28N2S. The highest BCUT2D eigenvalue weighted by Gasteiger charge is 2.41. The first-order chi connectivity index (χ1) is 8.70. The Labute approximate surface area is 116 Å². The molecule has 0 saturated carbocycles. The molecule has 0 aliphatic carbocycles. The van der Waals surface area contributed by atoms with Crippen LogP contribution in [0.4, 0.5) is 0 Å². The Morgan fingerprint density at radius 1 is 1.22 bits per heavy atom. The second-order valence-corrected chi connectivity index (χ2v) is 8.45. The number of nitrogens with zero attached hydrogens (tertiary/aromatic N) is 1. The smallest absolute Gasteiger partial charge is 0.0259 e. The van der Waals surface area contributed by atoms with Gasteiger partial charge in [-0.05, 0) is 58.2 Å². The second-order valence-electron chi connectivity index (χ2n) is 6.77. The summed E-state index contributed by atoms with van der Waals surface area (Å²) in [6, 6.07) is 2.52. The van der Waals surface area contributed by atoms with E-state index in [0.29, 0.717) is 4.75 Å². The normalized spacial score (nSPS) is 45.3. The maximum Gasteiger partial charge on any atom is 0.0259 e. The third-order valence-electron chi connectivity index (χ3n) is 5.35. The van der Waals surface area contributed by atoms with Crippen LogP contribution in [0.2, 0.25) is 0 Å². The molecule has 18 heavy (non-hydrogen) atoms. The van der Waals surface area contributed by atoms with E-state index < -0.39 is 0 Å². The van der Waals surface area contributed by atoms with Gasteiger partial charge in [0.1, 0.15) is 0 Å². The molecule has 3 heterocycles. The molecule has 0 aromatic heterocycles. The van der Waals surface area contributed by atoms with E-state index in [2.05, 4.69) is 35.9 Å². The van der Waals surface area contributed by atoms with Crippen LogP contribution in [0.3, 0.4) is 0 Å². The third-order valence-corrected chi connectivity index (χ3v) is 6.87. The van der Waals surface area contributed by atoms with Gasteiger partial charge in [0.05, 0.1) is 0 Å². The maximum absolute atomic E-state index is 3.52. The van der Waals surface area contributed by atoms with E-state index in [-0.39, 0.29) is 0 Å². The van der Waals surface area contributed by atoms with Gasteiger partial charge in [-0.15, -0.1) is 0 Å². The molecule has 3 fully saturated rings. The molecule has 2 nitrogen and oxygen atoms in total. The lowest BCUT2D eigenvalue weighted by atomic mass is 9.81. The Balaban J connectivity index is 1.68. The predicted octanol–water partition coefficient (Wildman–Crippen LogP) is 2.88. The van der Waals surface area contributed by atoms with Crippen molar-refractivity contribution in [2.45, 2.75) is 74.7 Å². The molecule has 0 radical (unpaired) electrons. The molecule has 3 rings (SSSR count). The van der Waals surface area contributed by atoms with Gasteiger partial charge in [0.15, 0.2) is 0 Å². The van der Waals surface area contributed by atoms with Crippen LogP contribution in [0.5, 0.6) is 0 Å². The third kappa shape index (κ3) is 2.59. The molecule has 3 aliphatic heterocycles. The van der Waals surface area contributed by atoms with E-state index >= 15 is 0 Å². The number of nitrogens with one attached hydrogen (secondary N) is 1. The SMILES string of the molecule is CNC1CC2CCCC(C1)N2CC1(C)CCCS1. The highest BCUT2D eigenvalue weighted by molar-refractivity contribution is 8.00. The van der Waals surface area contributed by atoms with Crippen molar-refractivity contribution in [3.8, 4) is 0 Å². The lowest BCUT2D eigenvalue weighted by Crippen LogP contribution is -2.58. The van der Waals surface area contributed by atoms with Crippen molar-refractivity contribution in [1.29, 1.82) is 0 Å². The molecule has 0 amide bonds. The van der Waals surface area contributed by atoms with Crippen LogP contribution < -0.4 is 5.32 Å². The van der Waals surface area contributed by atoms with Gasteiger partial charge in [-0.25, -0.2) is 0 Å². The summed E-state index contributed by atoms with van der Waals surface area (Å²) >= 11 is 2.23. The van der Waals surface area contributed by atoms with Crippen LogP contribution in [0.25, 0.3) is 0 Å². The van der Waals surface area contributed by atoms with Gasteiger partial charge in [-0.1, -0.05) is 6.42 Å². The predicted molar refractivity (Wildman–Crippen MR) is 80.3 cm³/mol. The van der Waals surface area contributed by atoms with Gasteiger partial charge >= 0.3 is 0 Å². The van der Waals surface area contributed by atoms with Crippen LogP contribution in [0.1, 0.15) is 51.9 Å². The summed E-state index contributed by atoms with van der Waals surface area (Å²) in [6.07, 6.45) is 9.98. The number of hydrogen-bond acceptors (Lipinski definition) is 3. The van der Waals surface area contributed by atoms with Gasteiger partial charge in [-0.2, -0.15) is 11.8 Å². The second kappa shape index (κ2) is 5.34. The highest BCUT2D eigenvalue weighted by Crippen LogP contribution is 2.42. The minimum atomic E-state index is 0.556. The molecule has 1 N–H and O–H groups in total. The first-order valence-electron chi connectivity index (χ1n) is 7.77. The number of fused-ring (bicyclic) bond motifs is 2. The molecule has 3 atom stereocenters. The van der Waals surface area contributed by atoms with E-state index in [4.69, 9.17) is 0 Å². The van der Waals surface area contributed by atoms with E-state index in [9.17, 15) is 0 Å². The van der Waals surface area contributed by atoms with E-state index in [1.54, 1.807) is 0 Å². The minimum Gasteiger partial charge on any atom is -0.317 e. The molecular weight excluding hydrogens is 240 g/mol. The summed E-state index contributed by atoms with van der Waals surface area (Å²) in [5, 5.41) is 3.52. The zero-order chi connectivity index (χ0) is 12.6. The fourth-order valence-corrected chi connectivity index (χ4v) is 5.63. The molecule has 104 valence electrons. The van der Waals surface area contributed by atoms with Gasteiger partial charge in [0.2, 0.25) is 0 Å². The van der Waals surface area contributed by atoms with E-state index in [1.807, 2.05) is 0 Å². The Kier molecular flexibility index (Phi) is 3.93. The fraction of sp³-hybridized carbons (Fsp3) is 1.00. The average Bonchev–Trinajstić information content (AvgIpc) is 2.75. The van der Waals surface area contributed by atoms with Crippen LogP contribution in [-0.2, 0) is 0 Å². The standard InChI is InChI=1S/C15H28N2S/c1-15(7-4-8-18-15)11-17-13-5-3-6-14(17)10-12(9-13)16-2/h12-14,16H,3-11H2,1-2H3. The number of piperidine rings is 2. The highest BCUT2D eigenvalue weighted by atomic mass is 32.2. The first-order valence-corrected chi connectivity index (χ1v) is 8.76. The van der Waals surface area contributed by atoms with Crippen molar-refractivity contribution in [1.82, 2.24) is 10.2 Å². The van der Waals surface area contributed by atoms with Crippen molar-refractivity contribution in [2.24, 2.45) is 0 Å². The summed E-state index contributed by atoms with van der Waals surface area (Å²) in [6.45, 7) is 3.86. The minimum absolute atomic E-state index is 0.556. The summed E-state index contributed by atoms with van der Waals surface area (Å²) in [4.78, 5) is 2.90. The Morgan fingerprint density at radius 3 is 2.50 bits per heavy atom. The summed E-state index contributed by atoms with van der Waals surface area (Å²) in [5.41, 5.74) is 0. The van der Waals surface area contributed by atoms with E-state index in [1.165, 1.54) is 57.2 Å². The van der Waals surface area contributed by atoms with Crippen molar-refractivity contribution >= 4 is 11.8 Å². The van der Waals surface area contributed by atoms with Crippen LogP contribution in [-0.4, -0.2) is 47.1 Å². The van der Waals surface area contributed by atoms with Crippen molar-refractivity contribution in [2.75, 3.05) is 19.3 Å². The first kappa shape index (κ1) is 13.3. The molecule has 3 saturated heterocycles. The number of rotatable bonds is 3. The van der Waals surface area contributed by atoms with Crippen LogP contribution in [0.15, 0.2) is 0 Å². The zero-order valence-corrected chi connectivity index (χ0v) is 12.8. The van der Waals surface area contributed by atoms with E-state index in [0.717, 1.165) is 18.1 Å². The monoisotopic (exact) mass is 268 g/mol. The van der Waals surface area contributed by atoms with Crippen LogP contribution >= 0.6 is 11.8 Å². The Bertz CT molecular complexity index is 274. The molecule has 2 bridgehead atoms. The molecule has 3 heteroatoms. The van der Waals surface area contributed by atoms with Crippen molar-refractivity contribution < 1.29 is 0 Å². The fourth-order valence-electron chi connectivity index (χ4n) is 4.32. The average molecular weight is 268 g/mol. The molecule has 0 aromatic rings. The molecule has 0 spiro atoms. The van der Waals surface area contributed by atoms with Crippen LogP contribution in [0, 0.1) is 0 Å². The Morgan fingerprint density at radius 2 is 1.94 bits per heavy atom. The van der Waals surface area contributed by atoms with Gasteiger partial charge in [0, 0.05) is 29.4 Å². The quantitative estimate of drug-likeness (QED) is 0.847.